The molecule has 2 N–H and O–H groups in total. The molecule has 0 fully saturated rings. The molecule has 0 radical (unpaired) electrons. The first-order valence-corrected chi connectivity index (χ1v) is 6.31. The summed E-state index contributed by atoms with van der Waals surface area (Å²) < 4.78 is 0. The molecule has 2 rings (SSSR count). The van der Waals surface area contributed by atoms with Crippen molar-refractivity contribution in [1.29, 1.82) is 0 Å². The molecule has 2 aromatic rings. The van der Waals surface area contributed by atoms with E-state index >= 15 is 0 Å². The number of aliphatic hydroxyl groups is 1. The molecule has 2 aromatic carbocycles. The standard InChI is InChI=1S/C16H19NO/c18-16(11-14-7-3-1-4-8-14)13-17-12-15-9-5-2-6-10-15/h1-10,16-18H,11-13H2. The first kappa shape index (κ1) is 12.8. The normalized spacial score (nSPS) is 12.3. The maximum absolute atomic E-state index is 9.92. The molecule has 1 unspecified atom stereocenters. The van der Waals surface area contributed by atoms with E-state index in [1.165, 1.54) is 11.1 Å². The van der Waals surface area contributed by atoms with Gasteiger partial charge in [-0.05, 0) is 17.5 Å². The maximum Gasteiger partial charge on any atom is 0.0704 e. The summed E-state index contributed by atoms with van der Waals surface area (Å²) in [6.45, 7) is 1.41. The highest BCUT2D eigenvalue weighted by molar-refractivity contribution is 5.16. The van der Waals surface area contributed by atoms with Gasteiger partial charge in [0.25, 0.3) is 0 Å². The second-order valence-corrected chi connectivity index (χ2v) is 4.46. The van der Waals surface area contributed by atoms with Gasteiger partial charge in [-0.1, -0.05) is 60.7 Å². The topological polar surface area (TPSA) is 32.3 Å². The number of rotatable bonds is 6. The second-order valence-electron chi connectivity index (χ2n) is 4.46. The average molecular weight is 241 g/mol. The fourth-order valence-corrected chi connectivity index (χ4v) is 1.94. The summed E-state index contributed by atoms with van der Waals surface area (Å²) in [6.07, 6.45) is 0.360. The van der Waals surface area contributed by atoms with Gasteiger partial charge in [-0.25, -0.2) is 0 Å². The van der Waals surface area contributed by atoms with Crippen LogP contribution in [0.1, 0.15) is 11.1 Å². The quantitative estimate of drug-likeness (QED) is 0.814. The molecule has 0 aliphatic rings. The van der Waals surface area contributed by atoms with Crippen LogP contribution >= 0.6 is 0 Å². The van der Waals surface area contributed by atoms with E-state index in [-0.39, 0.29) is 6.10 Å². The Hall–Kier alpha value is -1.64. The summed E-state index contributed by atoms with van der Waals surface area (Å²) in [7, 11) is 0. The van der Waals surface area contributed by atoms with Crippen LogP contribution in [-0.2, 0) is 13.0 Å². The zero-order chi connectivity index (χ0) is 12.6. The molecule has 0 bridgehead atoms. The van der Waals surface area contributed by atoms with Gasteiger partial charge in [0, 0.05) is 13.1 Å². The average Bonchev–Trinajstić information content (AvgIpc) is 2.41. The maximum atomic E-state index is 9.92. The Bertz CT molecular complexity index is 441. The Morgan fingerprint density at radius 1 is 0.833 bits per heavy atom. The summed E-state index contributed by atoms with van der Waals surface area (Å²) in [5, 5.41) is 13.2. The lowest BCUT2D eigenvalue weighted by molar-refractivity contribution is 0.171. The van der Waals surface area contributed by atoms with E-state index in [2.05, 4.69) is 17.4 Å². The fourth-order valence-electron chi connectivity index (χ4n) is 1.94. The third kappa shape index (κ3) is 4.32. The van der Waals surface area contributed by atoms with Crippen molar-refractivity contribution in [3.8, 4) is 0 Å². The van der Waals surface area contributed by atoms with Crippen molar-refractivity contribution in [2.45, 2.75) is 19.1 Å². The van der Waals surface area contributed by atoms with E-state index in [9.17, 15) is 5.11 Å². The monoisotopic (exact) mass is 241 g/mol. The van der Waals surface area contributed by atoms with E-state index in [0.29, 0.717) is 13.0 Å². The SMILES string of the molecule is OC(CNCc1ccccc1)Cc1ccccc1. The summed E-state index contributed by atoms with van der Waals surface area (Å²) >= 11 is 0. The molecule has 0 spiro atoms. The van der Waals surface area contributed by atoms with Gasteiger partial charge in [0.15, 0.2) is 0 Å². The summed E-state index contributed by atoms with van der Waals surface area (Å²) in [4.78, 5) is 0. The number of aliphatic hydroxyl groups excluding tert-OH is 1. The zero-order valence-electron chi connectivity index (χ0n) is 10.4. The van der Waals surface area contributed by atoms with Gasteiger partial charge in [0.1, 0.15) is 0 Å². The number of hydrogen-bond acceptors (Lipinski definition) is 2. The molecule has 0 amide bonds. The van der Waals surface area contributed by atoms with E-state index in [1.807, 2.05) is 48.5 Å². The molecule has 0 aromatic heterocycles. The Kier molecular flexibility index (Phi) is 4.94. The van der Waals surface area contributed by atoms with Crippen molar-refractivity contribution in [2.75, 3.05) is 6.54 Å². The zero-order valence-corrected chi connectivity index (χ0v) is 10.4. The van der Waals surface area contributed by atoms with Crippen LogP contribution in [0.4, 0.5) is 0 Å². The smallest absolute Gasteiger partial charge is 0.0704 e. The van der Waals surface area contributed by atoms with Gasteiger partial charge >= 0.3 is 0 Å². The predicted molar refractivity (Wildman–Crippen MR) is 74.3 cm³/mol. The van der Waals surface area contributed by atoms with Gasteiger partial charge in [-0.2, -0.15) is 0 Å². The van der Waals surface area contributed by atoms with Crippen molar-refractivity contribution in [2.24, 2.45) is 0 Å². The third-order valence-electron chi connectivity index (χ3n) is 2.87. The van der Waals surface area contributed by atoms with Gasteiger partial charge in [-0.3, -0.25) is 0 Å². The Morgan fingerprint density at radius 2 is 1.39 bits per heavy atom. The lowest BCUT2D eigenvalue weighted by Gasteiger charge is -2.12. The highest BCUT2D eigenvalue weighted by atomic mass is 16.3. The van der Waals surface area contributed by atoms with E-state index in [4.69, 9.17) is 0 Å². The lowest BCUT2D eigenvalue weighted by atomic mass is 10.1. The summed E-state index contributed by atoms with van der Waals surface area (Å²) in [5.41, 5.74) is 2.41. The minimum atomic E-state index is -0.337. The first-order chi connectivity index (χ1) is 8.84. The molecule has 0 heterocycles. The highest BCUT2D eigenvalue weighted by Gasteiger charge is 2.04. The molecule has 2 heteroatoms. The molecule has 1 atom stereocenters. The molecule has 94 valence electrons. The molecular formula is C16H19NO. The van der Waals surface area contributed by atoms with Crippen LogP contribution in [-0.4, -0.2) is 17.8 Å². The minimum Gasteiger partial charge on any atom is -0.391 e. The highest BCUT2D eigenvalue weighted by Crippen LogP contribution is 2.03. The van der Waals surface area contributed by atoms with Crippen LogP contribution in [0, 0.1) is 0 Å². The van der Waals surface area contributed by atoms with Crippen molar-refractivity contribution in [3.05, 3.63) is 71.8 Å². The molecule has 0 aliphatic carbocycles. The van der Waals surface area contributed by atoms with Crippen molar-refractivity contribution < 1.29 is 5.11 Å². The minimum absolute atomic E-state index is 0.337. The van der Waals surface area contributed by atoms with Crippen LogP contribution in [0.25, 0.3) is 0 Å². The number of hydrogen-bond donors (Lipinski definition) is 2. The number of benzene rings is 2. The van der Waals surface area contributed by atoms with Crippen LogP contribution < -0.4 is 5.32 Å². The van der Waals surface area contributed by atoms with Crippen molar-refractivity contribution in [1.82, 2.24) is 5.32 Å². The molecule has 0 aliphatic heterocycles. The molecule has 0 saturated heterocycles. The first-order valence-electron chi connectivity index (χ1n) is 6.31. The fraction of sp³-hybridized carbons (Fsp3) is 0.250. The van der Waals surface area contributed by atoms with Gasteiger partial charge in [0.05, 0.1) is 6.10 Å². The summed E-state index contributed by atoms with van der Waals surface area (Å²) in [6, 6.07) is 20.3. The molecule has 18 heavy (non-hydrogen) atoms. The van der Waals surface area contributed by atoms with Crippen molar-refractivity contribution >= 4 is 0 Å². The van der Waals surface area contributed by atoms with Gasteiger partial charge in [-0.15, -0.1) is 0 Å². The van der Waals surface area contributed by atoms with Crippen LogP contribution in [0.15, 0.2) is 60.7 Å². The number of nitrogens with one attached hydrogen (secondary N) is 1. The van der Waals surface area contributed by atoms with Crippen LogP contribution in [0.3, 0.4) is 0 Å². The molecular weight excluding hydrogens is 222 g/mol. The van der Waals surface area contributed by atoms with Gasteiger partial charge in [0.2, 0.25) is 0 Å². The van der Waals surface area contributed by atoms with Crippen molar-refractivity contribution in [3.63, 3.8) is 0 Å². The third-order valence-corrected chi connectivity index (χ3v) is 2.87. The second kappa shape index (κ2) is 6.94. The van der Waals surface area contributed by atoms with Crippen LogP contribution in [0.5, 0.6) is 0 Å². The molecule has 2 nitrogen and oxygen atoms in total. The largest absolute Gasteiger partial charge is 0.391 e. The van der Waals surface area contributed by atoms with E-state index in [0.717, 1.165) is 6.54 Å². The predicted octanol–water partition coefficient (Wildman–Crippen LogP) is 2.38. The van der Waals surface area contributed by atoms with Crippen LogP contribution in [0.2, 0.25) is 0 Å². The van der Waals surface area contributed by atoms with Gasteiger partial charge < -0.3 is 10.4 Å². The van der Waals surface area contributed by atoms with E-state index < -0.39 is 0 Å². The Labute approximate surface area is 108 Å². The summed E-state index contributed by atoms with van der Waals surface area (Å²) in [5.74, 6) is 0. The Balaban J connectivity index is 1.71. The molecule has 0 saturated carbocycles. The van der Waals surface area contributed by atoms with E-state index in [1.54, 1.807) is 0 Å². The Morgan fingerprint density at radius 3 is 2.00 bits per heavy atom. The lowest BCUT2D eigenvalue weighted by Crippen LogP contribution is -2.28.